The van der Waals surface area contributed by atoms with E-state index in [2.05, 4.69) is 12.2 Å². The van der Waals surface area contributed by atoms with Gasteiger partial charge >= 0.3 is 0 Å². The topological polar surface area (TPSA) is 74.6 Å². The van der Waals surface area contributed by atoms with Gasteiger partial charge in [0.25, 0.3) is 0 Å². The molecule has 2 N–H and O–H groups in total. The lowest BCUT2D eigenvalue weighted by Gasteiger charge is -2.16. The lowest BCUT2D eigenvalue weighted by atomic mass is 10.1. The van der Waals surface area contributed by atoms with E-state index in [9.17, 15) is 19.4 Å². The van der Waals surface area contributed by atoms with Gasteiger partial charge in [0, 0.05) is 12.8 Å². The van der Waals surface area contributed by atoms with Crippen molar-refractivity contribution in [1.29, 1.82) is 0 Å². The van der Waals surface area contributed by atoms with Gasteiger partial charge in [0.15, 0.2) is 5.69 Å². The molecule has 4 nitrogen and oxygen atoms in total. The third-order valence-electron chi connectivity index (χ3n) is 3.75. The van der Waals surface area contributed by atoms with Crippen LogP contribution in [0, 0.1) is 0 Å². The number of rotatable bonds is 16. The Kier molecular flexibility index (Phi) is 16.2. The van der Waals surface area contributed by atoms with Crippen molar-refractivity contribution in [3.05, 3.63) is 0 Å². The second kappa shape index (κ2) is 15.9. The molecule has 138 valence electrons. The summed E-state index contributed by atoms with van der Waals surface area (Å²) in [5, 5.41) is 0. The summed E-state index contributed by atoms with van der Waals surface area (Å²) in [5.41, 5.74) is -3.03. The molecule has 0 aromatic rings. The van der Waals surface area contributed by atoms with Crippen LogP contribution in [-0.2, 0) is 19.7 Å². The molecular weight excluding hydrogens is 351 g/mol. The SMILES string of the molecule is O=CCCCCCCCS(CCCCCCCC=O)=P(O)(O)S. The fourth-order valence-electron chi connectivity index (χ4n) is 2.40. The van der Waals surface area contributed by atoms with Gasteiger partial charge < -0.3 is 19.4 Å². The van der Waals surface area contributed by atoms with Crippen LogP contribution < -0.4 is 0 Å². The fraction of sp³-hybridized carbons (Fsp3) is 0.875. The Morgan fingerprint density at radius 3 is 1.39 bits per heavy atom. The molecule has 0 bridgehead atoms. The van der Waals surface area contributed by atoms with Crippen molar-refractivity contribution in [1.82, 2.24) is 0 Å². The largest absolute Gasteiger partial charge is 0.341 e. The zero-order chi connectivity index (χ0) is 17.4. The van der Waals surface area contributed by atoms with Gasteiger partial charge in [-0.1, -0.05) is 50.8 Å². The Morgan fingerprint density at radius 2 is 1.04 bits per heavy atom. The van der Waals surface area contributed by atoms with E-state index in [0.717, 1.165) is 88.3 Å². The van der Waals surface area contributed by atoms with Gasteiger partial charge in [-0.2, -0.15) is 0 Å². The molecule has 0 aliphatic rings. The molecule has 7 heteroatoms. The number of unbranched alkanes of at least 4 members (excludes halogenated alkanes) is 10. The number of carbonyl (C=O) groups is 2. The summed E-state index contributed by atoms with van der Waals surface area (Å²) in [5.74, 6) is 1.70. The molecule has 0 aromatic carbocycles. The van der Waals surface area contributed by atoms with E-state index in [4.69, 9.17) is 0 Å². The molecule has 0 aliphatic carbocycles. The van der Waals surface area contributed by atoms with Crippen LogP contribution in [0.3, 0.4) is 0 Å². The predicted octanol–water partition coefficient (Wildman–Crippen LogP) is 4.28. The van der Waals surface area contributed by atoms with Crippen LogP contribution in [0.5, 0.6) is 0 Å². The van der Waals surface area contributed by atoms with Crippen molar-refractivity contribution in [3.63, 3.8) is 0 Å². The molecule has 0 fully saturated rings. The molecular formula is C16H33O4PS2. The van der Waals surface area contributed by atoms with E-state index >= 15 is 0 Å². The first-order valence-electron chi connectivity index (χ1n) is 8.65. The van der Waals surface area contributed by atoms with E-state index in [1.54, 1.807) is 0 Å². The molecule has 0 atom stereocenters. The highest BCUT2D eigenvalue weighted by Crippen LogP contribution is 2.47. The molecule has 0 heterocycles. The lowest BCUT2D eigenvalue weighted by Crippen LogP contribution is -2.04. The number of hydrogen-bond acceptors (Lipinski definition) is 2. The van der Waals surface area contributed by atoms with E-state index < -0.39 is 5.69 Å². The van der Waals surface area contributed by atoms with Crippen molar-refractivity contribution < 1.29 is 19.4 Å². The minimum absolute atomic E-state index is 0.385. The molecule has 0 saturated carbocycles. The van der Waals surface area contributed by atoms with Crippen molar-refractivity contribution in [2.24, 2.45) is 0 Å². The van der Waals surface area contributed by atoms with E-state index in [-0.39, 0.29) is 10.1 Å². The average molecular weight is 385 g/mol. The molecule has 0 saturated heterocycles. The minimum Gasteiger partial charge on any atom is -0.341 e. The lowest BCUT2D eigenvalue weighted by molar-refractivity contribution is -0.108. The van der Waals surface area contributed by atoms with Gasteiger partial charge in [-0.3, -0.25) is 0 Å². The maximum atomic E-state index is 10.2. The fourth-order valence-corrected chi connectivity index (χ4v) is 7.88. The predicted molar refractivity (Wildman–Crippen MR) is 105 cm³/mol. The average Bonchev–Trinajstić information content (AvgIpc) is 2.50. The summed E-state index contributed by atoms with van der Waals surface area (Å²) < 4.78 is 0. The Hall–Kier alpha value is 0.390. The highest BCUT2D eigenvalue weighted by Gasteiger charge is 2.10. The van der Waals surface area contributed by atoms with Crippen LogP contribution in [0.25, 0.3) is 0 Å². The molecule has 0 radical (unpaired) electrons. The highest BCUT2D eigenvalue weighted by molar-refractivity contribution is 8.65. The number of aldehydes is 2. The van der Waals surface area contributed by atoms with Crippen LogP contribution in [0.2, 0.25) is 0 Å². The molecule has 0 unspecified atom stereocenters. The second-order valence-electron chi connectivity index (χ2n) is 5.83. The van der Waals surface area contributed by atoms with Crippen molar-refractivity contribution in [2.45, 2.75) is 77.0 Å². The second-order valence-corrected chi connectivity index (χ2v) is 14.2. The first-order valence-corrected chi connectivity index (χ1v) is 13.7. The van der Waals surface area contributed by atoms with Crippen LogP contribution in [-0.4, -0.2) is 33.9 Å². The zero-order valence-corrected chi connectivity index (χ0v) is 16.7. The van der Waals surface area contributed by atoms with Gasteiger partial charge in [0.05, 0.1) is 0 Å². The summed E-state index contributed by atoms with van der Waals surface area (Å²) in [6.45, 7) is 0. The highest BCUT2D eigenvalue weighted by atomic mass is 32.9. The van der Waals surface area contributed by atoms with Gasteiger partial charge in [-0.15, -0.1) is 10.1 Å². The van der Waals surface area contributed by atoms with E-state index in [1.807, 2.05) is 0 Å². The van der Waals surface area contributed by atoms with Gasteiger partial charge in [0.1, 0.15) is 12.6 Å². The molecule has 0 aliphatic heterocycles. The summed E-state index contributed by atoms with van der Waals surface area (Å²) in [6.07, 6.45) is 13.7. The minimum atomic E-state index is -3.03. The monoisotopic (exact) mass is 384 g/mol. The number of thiol groups is 1. The third kappa shape index (κ3) is 15.6. The number of carbonyl (C=O) groups excluding carboxylic acids is 2. The summed E-state index contributed by atoms with van der Waals surface area (Å²) in [6, 6.07) is 0. The Balaban J connectivity index is 3.84. The smallest absolute Gasteiger partial charge is 0.198 e. The molecule has 0 amide bonds. The van der Waals surface area contributed by atoms with Crippen LogP contribution in [0.1, 0.15) is 77.0 Å². The van der Waals surface area contributed by atoms with Gasteiger partial charge in [0.2, 0.25) is 0 Å². The molecule has 0 rings (SSSR count). The summed E-state index contributed by atoms with van der Waals surface area (Å²) in [4.78, 5) is 40.2. The van der Waals surface area contributed by atoms with E-state index in [0.29, 0.717) is 12.8 Å². The Bertz CT molecular complexity index is 337. The molecule has 0 aromatic heterocycles. The maximum absolute atomic E-state index is 10.2. The standard InChI is InChI=1S/C16H33O4PS2/c17-13-9-5-1-3-7-11-15-23(21(19,20)22)16-12-8-4-2-6-10-14-18/h13-14,19-20,22H,1-12,15-16H2. The Labute approximate surface area is 148 Å². The first kappa shape index (κ1) is 23.4. The zero-order valence-electron chi connectivity index (χ0n) is 14.1. The number of hydrogen-bond donors (Lipinski definition) is 3. The maximum Gasteiger partial charge on any atom is 0.198 e. The molecule has 23 heavy (non-hydrogen) atoms. The quantitative estimate of drug-likeness (QED) is 0.161. The summed E-state index contributed by atoms with van der Waals surface area (Å²) >= 11 is 4.05. The van der Waals surface area contributed by atoms with Crippen LogP contribution in [0.4, 0.5) is 0 Å². The van der Waals surface area contributed by atoms with Crippen LogP contribution in [0.15, 0.2) is 0 Å². The van der Waals surface area contributed by atoms with Gasteiger partial charge in [-0.05, 0) is 37.2 Å². The molecule has 0 spiro atoms. The van der Waals surface area contributed by atoms with Gasteiger partial charge in [-0.25, -0.2) is 0 Å². The van der Waals surface area contributed by atoms with Crippen molar-refractivity contribution >= 4 is 40.6 Å². The third-order valence-corrected chi connectivity index (χ3v) is 11.2. The Morgan fingerprint density at radius 1 is 0.696 bits per heavy atom. The van der Waals surface area contributed by atoms with Crippen LogP contribution >= 0.6 is 17.9 Å². The van der Waals surface area contributed by atoms with E-state index in [1.165, 1.54) is 0 Å². The normalized spacial score (nSPS) is 11.8. The summed E-state index contributed by atoms with van der Waals surface area (Å²) in [7, 11) is -0.385. The van der Waals surface area contributed by atoms with Crippen molar-refractivity contribution in [2.75, 3.05) is 11.5 Å². The van der Waals surface area contributed by atoms with Crippen molar-refractivity contribution in [3.8, 4) is 0 Å². The first-order chi connectivity index (χ1) is 11.0.